The van der Waals surface area contributed by atoms with E-state index < -0.39 is 7.82 Å². The molecule has 0 aromatic rings. The average molecular weight is 156 g/mol. The largest absolute Gasteiger partial charge is 0.469 e. The maximum Gasteiger partial charge on any atom is 0.469 e. The second-order valence-electron chi connectivity index (χ2n) is 1.32. The van der Waals surface area contributed by atoms with Crippen LogP contribution < -0.4 is 0 Å². The van der Waals surface area contributed by atoms with Crippen LogP contribution in [0.5, 0.6) is 0 Å². The fraction of sp³-hybridized carbons (Fsp3) is 1.00. The Bertz CT molecular complexity index is 107. The molecule has 56 valence electrons. The van der Waals surface area contributed by atoms with Crippen LogP contribution in [0.15, 0.2) is 0 Å². The van der Waals surface area contributed by atoms with Crippen LogP contribution in [0.1, 0.15) is 0 Å². The molecular weight excluding hydrogens is 147 g/mol. The van der Waals surface area contributed by atoms with Gasteiger partial charge < -0.3 is 14.5 Å². The van der Waals surface area contributed by atoms with Gasteiger partial charge in [-0.25, -0.2) is 4.57 Å². The third-order valence-electron chi connectivity index (χ3n) is 0.547. The molecule has 0 aliphatic carbocycles. The number of phosphoric ester groups is 1. The molecule has 0 rings (SSSR count). The quantitative estimate of drug-likeness (QED) is 0.433. The minimum absolute atomic E-state index is 0.0826. The topological polar surface area (TPSA) is 76.0 Å². The summed E-state index contributed by atoms with van der Waals surface area (Å²) in [6.07, 6.45) is 0. The predicted molar refractivity (Wildman–Crippen MR) is 29.9 cm³/mol. The van der Waals surface area contributed by atoms with Crippen LogP contribution in [0.25, 0.3) is 0 Å². The van der Waals surface area contributed by atoms with Crippen molar-refractivity contribution in [2.75, 3.05) is 20.3 Å². The standard InChI is InChI=1S/C3H9O5P/c1-7-2-3-8-9(4,5)6/h2-3H2,1H3,(H2,4,5,6). The normalized spacial score (nSPS) is 11.9. The minimum Gasteiger partial charge on any atom is -0.382 e. The molecule has 0 aromatic carbocycles. The molecule has 0 fully saturated rings. The van der Waals surface area contributed by atoms with E-state index in [1.54, 1.807) is 0 Å². The van der Waals surface area contributed by atoms with Gasteiger partial charge in [0.15, 0.2) is 0 Å². The zero-order chi connectivity index (χ0) is 7.33. The Kier molecular flexibility index (Phi) is 4.01. The summed E-state index contributed by atoms with van der Waals surface area (Å²) in [5, 5.41) is 0. The number of methoxy groups -OCH3 is 1. The van der Waals surface area contributed by atoms with E-state index in [9.17, 15) is 4.57 Å². The second-order valence-corrected chi connectivity index (χ2v) is 2.56. The lowest BCUT2D eigenvalue weighted by Gasteiger charge is -2.02. The van der Waals surface area contributed by atoms with E-state index in [1.165, 1.54) is 7.11 Å². The molecule has 0 aromatic heterocycles. The highest BCUT2D eigenvalue weighted by Gasteiger charge is 2.11. The molecule has 9 heavy (non-hydrogen) atoms. The van der Waals surface area contributed by atoms with Gasteiger partial charge in [-0.05, 0) is 0 Å². The van der Waals surface area contributed by atoms with Gasteiger partial charge in [-0.2, -0.15) is 0 Å². The lowest BCUT2D eigenvalue weighted by molar-refractivity contribution is 0.120. The summed E-state index contributed by atoms with van der Waals surface area (Å²) in [7, 11) is -2.86. The molecule has 0 aliphatic heterocycles. The Morgan fingerprint density at radius 3 is 2.33 bits per heavy atom. The van der Waals surface area contributed by atoms with Crippen LogP contribution in [-0.2, 0) is 13.8 Å². The number of phosphoric acid groups is 1. The van der Waals surface area contributed by atoms with Crippen LogP contribution in [0.2, 0.25) is 0 Å². The molecule has 6 heteroatoms. The number of rotatable bonds is 4. The highest BCUT2D eigenvalue weighted by molar-refractivity contribution is 7.46. The fourth-order valence-electron chi connectivity index (χ4n) is 0.240. The van der Waals surface area contributed by atoms with Gasteiger partial charge in [0, 0.05) is 7.11 Å². The van der Waals surface area contributed by atoms with E-state index in [1.807, 2.05) is 0 Å². The summed E-state index contributed by atoms with van der Waals surface area (Å²) in [5.41, 5.74) is 0. The van der Waals surface area contributed by atoms with Crippen molar-refractivity contribution in [1.82, 2.24) is 0 Å². The van der Waals surface area contributed by atoms with E-state index in [0.29, 0.717) is 0 Å². The lowest BCUT2D eigenvalue weighted by Crippen LogP contribution is -1.99. The van der Waals surface area contributed by atoms with Gasteiger partial charge in [-0.1, -0.05) is 0 Å². The van der Waals surface area contributed by atoms with Gasteiger partial charge in [0.25, 0.3) is 0 Å². The Morgan fingerprint density at radius 2 is 2.00 bits per heavy atom. The van der Waals surface area contributed by atoms with Crippen LogP contribution in [-0.4, -0.2) is 30.1 Å². The van der Waals surface area contributed by atoms with Gasteiger partial charge in [0.05, 0.1) is 13.2 Å². The molecule has 0 spiro atoms. The monoisotopic (exact) mass is 156 g/mol. The zero-order valence-corrected chi connectivity index (χ0v) is 5.88. The summed E-state index contributed by atoms with van der Waals surface area (Å²) in [5.74, 6) is 0. The summed E-state index contributed by atoms with van der Waals surface area (Å²) in [6.45, 7) is 0.103. The molecule has 0 amide bonds. The minimum atomic E-state index is -4.28. The number of ether oxygens (including phenoxy) is 1. The van der Waals surface area contributed by atoms with Crippen molar-refractivity contribution in [2.45, 2.75) is 0 Å². The third kappa shape index (κ3) is 8.07. The first kappa shape index (κ1) is 9.07. The third-order valence-corrected chi connectivity index (χ3v) is 1.07. The van der Waals surface area contributed by atoms with Crippen LogP contribution in [0.4, 0.5) is 0 Å². The second kappa shape index (κ2) is 3.98. The summed E-state index contributed by atoms with van der Waals surface area (Å²) in [6, 6.07) is 0. The van der Waals surface area contributed by atoms with E-state index in [0.717, 1.165) is 0 Å². The maximum absolute atomic E-state index is 9.92. The SMILES string of the molecule is COCCOP(=O)(O)O. The molecule has 0 saturated heterocycles. The Hall–Kier alpha value is 0.0700. The molecule has 0 saturated carbocycles. The molecular formula is C3H9O5P. The molecule has 0 atom stereocenters. The Morgan fingerprint density at radius 1 is 1.44 bits per heavy atom. The summed E-state index contributed by atoms with van der Waals surface area (Å²) < 4.78 is 18.4. The van der Waals surface area contributed by atoms with Crippen molar-refractivity contribution < 1.29 is 23.6 Å². The summed E-state index contributed by atoms with van der Waals surface area (Å²) in [4.78, 5) is 16.2. The fourth-order valence-corrected chi connectivity index (χ4v) is 0.552. The van der Waals surface area contributed by atoms with E-state index in [2.05, 4.69) is 9.26 Å². The molecule has 0 heterocycles. The van der Waals surface area contributed by atoms with E-state index in [-0.39, 0.29) is 13.2 Å². The first-order valence-electron chi connectivity index (χ1n) is 2.25. The van der Waals surface area contributed by atoms with Crippen molar-refractivity contribution in [3.63, 3.8) is 0 Å². The van der Waals surface area contributed by atoms with Crippen molar-refractivity contribution in [2.24, 2.45) is 0 Å². The van der Waals surface area contributed by atoms with Crippen LogP contribution >= 0.6 is 7.82 Å². The zero-order valence-electron chi connectivity index (χ0n) is 4.98. The van der Waals surface area contributed by atoms with E-state index >= 15 is 0 Å². The van der Waals surface area contributed by atoms with Gasteiger partial charge in [-0.3, -0.25) is 4.52 Å². The van der Waals surface area contributed by atoms with Crippen LogP contribution in [0, 0.1) is 0 Å². The highest BCUT2D eigenvalue weighted by Crippen LogP contribution is 2.35. The number of hydrogen-bond acceptors (Lipinski definition) is 3. The van der Waals surface area contributed by atoms with E-state index in [4.69, 9.17) is 9.79 Å². The molecule has 2 N–H and O–H groups in total. The van der Waals surface area contributed by atoms with Gasteiger partial charge in [0.1, 0.15) is 0 Å². The Labute approximate surface area is 52.8 Å². The van der Waals surface area contributed by atoms with Gasteiger partial charge >= 0.3 is 7.82 Å². The first-order valence-corrected chi connectivity index (χ1v) is 3.78. The molecule has 0 radical (unpaired) electrons. The average Bonchev–Trinajstić information content (AvgIpc) is 1.63. The van der Waals surface area contributed by atoms with Crippen molar-refractivity contribution in [3.05, 3.63) is 0 Å². The number of hydrogen-bond donors (Lipinski definition) is 2. The van der Waals surface area contributed by atoms with Gasteiger partial charge in [0.2, 0.25) is 0 Å². The van der Waals surface area contributed by atoms with Crippen molar-refractivity contribution in [1.29, 1.82) is 0 Å². The van der Waals surface area contributed by atoms with Gasteiger partial charge in [-0.15, -0.1) is 0 Å². The highest BCUT2D eigenvalue weighted by atomic mass is 31.2. The first-order chi connectivity index (χ1) is 4.06. The molecule has 0 aliphatic rings. The maximum atomic E-state index is 9.92. The Balaban J connectivity index is 3.18. The molecule has 0 unspecified atom stereocenters. The predicted octanol–water partition coefficient (Wildman–Crippen LogP) is -0.258. The molecule has 5 nitrogen and oxygen atoms in total. The lowest BCUT2D eigenvalue weighted by atomic mass is 10.8. The van der Waals surface area contributed by atoms with Crippen molar-refractivity contribution in [3.8, 4) is 0 Å². The smallest absolute Gasteiger partial charge is 0.382 e. The molecule has 0 bridgehead atoms. The van der Waals surface area contributed by atoms with Crippen LogP contribution in [0.3, 0.4) is 0 Å². The summed E-state index contributed by atoms with van der Waals surface area (Å²) >= 11 is 0. The van der Waals surface area contributed by atoms with Crippen molar-refractivity contribution >= 4 is 7.82 Å².